The Balaban J connectivity index is 1.47. The molecule has 1 fully saturated rings. The van der Waals surface area contributed by atoms with Crippen molar-refractivity contribution in [3.63, 3.8) is 0 Å². The Bertz CT molecular complexity index is 1490. The number of carbonyl (C=O) groups is 4. The number of carbonyl (C=O) groups excluding carboxylic acids is 4. The molecule has 0 aliphatic carbocycles. The van der Waals surface area contributed by atoms with Crippen LogP contribution < -0.4 is 15.5 Å². The first kappa shape index (κ1) is 31.2. The summed E-state index contributed by atoms with van der Waals surface area (Å²) >= 11 is 5.87. The summed E-state index contributed by atoms with van der Waals surface area (Å²) in [4.78, 5) is 58.5. The highest BCUT2D eigenvalue weighted by Crippen LogP contribution is 2.22. The predicted molar refractivity (Wildman–Crippen MR) is 160 cm³/mol. The van der Waals surface area contributed by atoms with E-state index in [9.17, 15) is 19.2 Å². The number of nitrogens with zero attached hydrogens (tertiary/aromatic N) is 5. The largest absolute Gasteiger partial charge is 0.465 e. The van der Waals surface area contributed by atoms with Crippen molar-refractivity contribution in [3.05, 3.63) is 70.5 Å². The number of nitrogens with one attached hydrogen (secondary N) is 2. The van der Waals surface area contributed by atoms with Gasteiger partial charge in [0.15, 0.2) is 11.5 Å². The standard InChI is InChI=1S/C29H32ClN7O6/c1-29(2,3)43-28(41)37-13-5-12-36(14-15-37)24-11-9-21(34-35-24)26(39)32-22-16-18(27(40)42-4)6-8-20(22)25(38)33-23-10-7-19(30)17-31-23/h6-11,16-17H,5,12-15H2,1-4H3,(H,32,39)(H,31,33,38). The van der Waals surface area contributed by atoms with E-state index in [1.807, 2.05) is 25.7 Å². The average Bonchev–Trinajstić information content (AvgIpc) is 3.24. The van der Waals surface area contributed by atoms with E-state index in [1.165, 1.54) is 43.6 Å². The lowest BCUT2D eigenvalue weighted by Crippen LogP contribution is -2.39. The van der Waals surface area contributed by atoms with Crippen LogP contribution in [0.5, 0.6) is 0 Å². The van der Waals surface area contributed by atoms with Gasteiger partial charge in [-0.1, -0.05) is 11.6 Å². The number of ether oxygens (including phenoxy) is 2. The Morgan fingerprint density at radius 3 is 2.35 bits per heavy atom. The van der Waals surface area contributed by atoms with Gasteiger partial charge < -0.3 is 29.9 Å². The SMILES string of the molecule is COC(=O)c1ccc(C(=O)Nc2ccc(Cl)cn2)c(NC(=O)c2ccc(N3CCCN(C(=O)OC(C)(C)C)CC3)nn2)c1. The molecule has 1 aliphatic heterocycles. The highest BCUT2D eigenvalue weighted by atomic mass is 35.5. The zero-order chi connectivity index (χ0) is 31.1. The number of halogens is 1. The monoisotopic (exact) mass is 609 g/mol. The van der Waals surface area contributed by atoms with E-state index in [0.29, 0.717) is 43.4 Å². The molecule has 4 rings (SSSR count). The molecule has 0 atom stereocenters. The van der Waals surface area contributed by atoms with Gasteiger partial charge in [0.2, 0.25) is 0 Å². The highest BCUT2D eigenvalue weighted by Gasteiger charge is 2.25. The van der Waals surface area contributed by atoms with E-state index in [1.54, 1.807) is 17.0 Å². The average molecular weight is 610 g/mol. The van der Waals surface area contributed by atoms with Crippen LogP contribution >= 0.6 is 11.6 Å². The van der Waals surface area contributed by atoms with Gasteiger partial charge >= 0.3 is 12.1 Å². The summed E-state index contributed by atoms with van der Waals surface area (Å²) < 4.78 is 10.3. The van der Waals surface area contributed by atoms with E-state index in [2.05, 4.69) is 25.8 Å². The van der Waals surface area contributed by atoms with E-state index in [0.717, 1.165) is 0 Å². The molecule has 0 radical (unpaired) electrons. The molecule has 1 saturated heterocycles. The summed E-state index contributed by atoms with van der Waals surface area (Å²) in [5.74, 6) is -1.08. The number of anilines is 3. The molecule has 1 aliphatic rings. The number of hydrogen-bond acceptors (Lipinski definition) is 10. The second-order valence-electron chi connectivity index (χ2n) is 10.6. The first-order chi connectivity index (χ1) is 20.4. The molecule has 13 nitrogen and oxygen atoms in total. The van der Waals surface area contributed by atoms with Crippen molar-refractivity contribution in [1.29, 1.82) is 0 Å². The zero-order valence-electron chi connectivity index (χ0n) is 24.2. The van der Waals surface area contributed by atoms with Gasteiger partial charge in [0.1, 0.15) is 11.4 Å². The van der Waals surface area contributed by atoms with Gasteiger partial charge in [0.25, 0.3) is 11.8 Å². The molecule has 0 saturated carbocycles. The molecule has 3 amide bonds. The summed E-state index contributed by atoms with van der Waals surface area (Å²) in [5, 5.41) is 14.0. The Morgan fingerprint density at radius 2 is 1.70 bits per heavy atom. The number of aromatic nitrogens is 3. The minimum Gasteiger partial charge on any atom is -0.465 e. The van der Waals surface area contributed by atoms with Gasteiger partial charge in [-0.05, 0) is 69.7 Å². The maximum absolute atomic E-state index is 13.1. The van der Waals surface area contributed by atoms with Crippen molar-refractivity contribution in [2.45, 2.75) is 32.8 Å². The molecular formula is C29H32ClN7O6. The topological polar surface area (TPSA) is 156 Å². The smallest absolute Gasteiger partial charge is 0.410 e. The Kier molecular flexibility index (Phi) is 9.76. The lowest BCUT2D eigenvalue weighted by molar-refractivity contribution is 0.0263. The molecule has 2 N–H and O–H groups in total. The Hall–Kier alpha value is -4.78. The van der Waals surface area contributed by atoms with Crippen molar-refractivity contribution in [2.24, 2.45) is 0 Å². The molecule has 3 aromatic rings. The number of methoxy groups -OCH3 is 1. The van der Waals surface area contributed by atoms with Crippen LogP contribution in [-0.4, -0.2) is 82.8 Å². The van der Waals surface area contributed by atoms with E-state index in [-0.39, 0.29) is 34.4 Å². The van der Waals surface area contributed by atoms with Crippen LogP contribution in [0.1, 0.15) is 58.4 Å². The van der Waals surface area contributed by atoms with Crippen molar-refractivity contribution in [1.82, 2.24) is 20.1 Å². The summed E-state index contributed by atoms with van der Waals surface area (Å²) in [6.45, 7) is 7.63. The summed E-state index contributed by atoms with van der Waals surface area (Å²) in [5.41, 5.74) is -0.337. The van der Waals surface area contributed by atoms with Gasteiger partial charge in [0, 0.05) is 32.4 Å². The molecule has 1 aromatic carbocycles. The molecule has 2 aromatic heterocycles. The number of pyridine rings is 1. The molecular weight excluding hydrogens is 578 g/mol. The molecule has 3 heterocycles. The number of benzene rings is 1. The number of rotatable bonds is 6. The molecule has 43 heavy (non-hydrogen) atoms. The first-order valence-corrected chi connectivity index (χ1v) is 13.8. The third-order valence-corrected chi connectivity index (χ3v) is 6.48. The Morgan fingerprint density at radius 1 is 0.907 bits per heavy atom. The normalized spacial score (nSPS) is 13.5. The highest BCUT2D eigenvalue weighted by molar-refractivity contribution is 6.30. The van der Waals surface area contributed by atoms with Crippen LogP contribution in [0.3, 0.4) is 0 Å². The third-order valence-electron chi connectivity index (χ3n) is 6.26. The second kappa shape index (κ2) is 13.5. The molecule has 0 spiro atoms. The first-order valence-electron chi connectivity index (χ1n) is 13.5. The van der Waals surface area contributed by atoms with Crippen LogP contribution in [-0.2, 0) is 9.47 Å². The summed E-state index contributed by atoms with van der Waals surface area (Å²) in [6, 6.07) is 10.4. The fraction of sp³-hybridized carbons (Fsp3) is 0.345. The number of amides is 3. The maximum Gasteiger partial charge on any atom is 0.410 e. The third kappa shape index (κ3) is 8.38. The van der Waals surface area contributed by atoms with Gasteiger partial charge in [-0.2, -0.15) is 0 Å². The minimum atomic E-state index is -0.647. The fourth-order valence-electron chi connectivity index (χ4n) is 4.18. The lowest BCUT2D eigenvalue weighted by Gasteiger charge is -2.26. The maximum atomic E-state index is 13.1. The zero-order valence-corrected chi connectivity index (χ0v) is 25.0. The van der Waals surface area contributed by atoms with Crippen molar-refractivity contribution in [2.75, 3.05) is 48.8 Å². The lowest BCUT2D eigenvalue weighted by atomic mass is 10.1. The summed E-state index contributed by atoms with van der Waals surface area (Å²) in [7, 11) is 1.23. The molecule has 0 unspecified atom stereocenters. The minimum absolute atomic E-state index is 0.0110. The van der Waals surface area contributed by atoms with Crippen molar-refractivity contribution < 1.29 is 28.7 Å². The van der Waals surface area contributed by atoms with E-state index in [4.69, 9.17) is 21.1 Å². The summed E-state index contributed by atoms with van der Waals surface area (Å²) in [6.07, 6.45) is 1.72. The fourth-order valence-corrected chi connectivity index (χ4v) is 4.29. The molecule has 226 valence electrons. The van der Waals surface area contributed by atoms with E-state index >= 15 is 0 Å². The second-order valence-corrected chi connectivity index (χ2v) is 11.0. The molecule has 0 bridgehead atoms. The van der Waals surface area contributed by atoms with Crippen molar-refractivity contribution >= 4 is 52.8 Å². The van der Waals surface area contributed by atoms with Gasteiger partial charge in [-0.15, -0.1) is 10.2 Å². The van der Waals surface area contributed by atoms with Gasteiger partial charge in [0.05, 0.1) is 28.9 Å². The van der Waals surface area contributed by atoms with Crippen LogP contribution in [0.15, 0.2) is 48.7 Å². The van der Waals surface area contributed by atoms with Crippen LogP contribution in [0, 0.1) is 0 Å². The number of esters is 1. The van der Waals surface area contributed by atoms with Gasteiger partial charge in [-0.25, -0.2) is 14.6 Å². The van der Waals surface area contributed by atoms with Gasteiger partial charge in [-0.3, -0.25) is 9.59 Å². The molecule has 14 heteroatoms. The van der Waals surface area contributed by atoms with Crippen molar-refractivity contribution in [3.8, 4) is 0 Å². The van der Waals surface area contributed by atoms with Crippen LogP contribution in [0.4, 0.5) is 22.1 Å². The number of hydrogen-bond donors (Lipinski definition) is 2. The Labute approximate surface area is 253 Å². The van der Waals surface area contributed by atoms with Crippen LogP contribution in [0.25, 0.3) is 0 Å². The van der Waals surface area contributed by atoms with E-state index < -0.39 is 23.4 Å². The van der Waals surface area contributed by atoms with Crippen LogP contribution in [0.2, 0.25) is 5.02 Å². The predicted octanol–water partition coefficient (Wildman–Crippen LogP) is 4.26. The quantitative estimate of drug-likeness (QED) is 0.387.